The SMILES string of the molecule is COc1ccc2cc(C(=O)NC3CCCCC3)c(C)nc2c1. The van der Waals surface area contributed by atoms with Gasteiger partial charge in [-0.3, -0.25) is 9.78 Å². The van der Waals surface area contributed by atoms with Crippen molar-refractivity contribution in [1.29, 1.82) is 0 Å². The molecule has 1 fully saturated rings. The number of aromatic nitrogens is 1. The Kier molecular flexibility index (Phi) is 4.27. The largest absolute Gasteiger partial charge is 0.497 e. The fourth-order valence-electron chi connectivity index (χ4n) is 3.11. The van der Waals surface area contributed by atoms with E-state index in [0.29, 0.717) is 11.6 Å². The zero-order valence-corrected chi connectivity index (χ0v) is 13.2. The smallest absolute Gasteiger partial charge is 0.253 e. The molecule has 0 aliphatic heterocycles. The summed E-state index contributed by atoms with van der Waals surface area (Å²) in [4.78, 5) is 17.1. The summed E-state index contributed by atoms with van der Waals surface area (Å²) in [5.74, 6) is 0.772. The highest BCUT2D eigenvalue weighted by Crippen LogP contribution is 2.22. The average Bonchev–Trinajstić information content (AvgIpc) is 2.54. The molecule has 0 atom stereocenters. The molecule has 1 heterocycles. The maximum Gasteiger partial charge on any atom is 0.253 e. The lowest BCUT2D eigenvalue weighted by Gasteiger charge is -2.23. The maximum absolute atomic E-state index is 12.5. The highest BCUT2D eigenvalue weighted by molar-refractivity contribution is 5.98. The summed E-state index contributed by atoms with van der Waals surface area (Å²) in [6, 6.07) is 7.97. The molecule has 1 aromatic carbocycles. The van der Waals surface area contributed by atoms with Gasteiger partial charge in [0, 0.05) is 17.5 Å². The molecule has 1 aliphatic carbocycles. The van der Waals surface area contributed by atoms with Crippen LogP contribution in [0.15, 0.2) is 24.3 Å². The van der Waals surface area contributed by atoms with Gasteiger partial charge in [0.2, 0.25) is 0 Å². The minimum absolute atomic E-state index is 0.00498. The average molecular weight is 298 g/mol. The topological polar surface area (TPSA) is 51.2 Å². The van der Waals surface area contributed by atoms with E-state index in [-0.39, 0.29) is 5.91 Å². The highest BCUT2D eigenvalue weighted by Gasteiger charge is 2.18. The van der Waals surface area contributed by atoms with E-state index in [1.165, 1.54) is 19.3 Å². The first-order valence-corrected chi connectivity index (χ1v) is 7.93. The number of ether oxygens (including phenoxy) is 1. The fraction of sp³-hybridized carbons (Fsp3) is 0.444. The van der Waals surface area contributed by atoms with Gasteiger partial charge < -0.3 is 10.1 Å². The first-order valence-electron chi connectivity index (χ1n) is 7.93. The molecule has 4 heteroatoms. The molecule has 0 radical (unpaired) electrons. The minimum atomic E-state index is -0.00498. The maximum atomic E-state index is 12.5. The third-order valence-corrected chi connectivity index (χ3v) is 4.40. The van der Waals surface area contributed by atoms with Crippen molar-refractivity contribution in [3.8, 4) is 5.75 Å². The predicted octanol–water partition coefficient (Wildman–Crippen LogP) is 3.61. The van der Waals surface area contributed by atoms with Gasteiger partial charge in [-0.15, -0.1) is 0 Å². The number of hydrogen-bond acceptors (Lipinski definition) is 3. The van der Waals surface area contributed by atoms with Crippen LogP contribution in [0.1, 0.15) is 48.2 Å². The van der Waals surface area contributed by atoms with Crippen LogP contribution in [0, 0.1) is 6.92 Å². The van der Waals surface area contributed by atoms with Crippen LogP contribution in [0.5, 0.6) is 5.75 Å². The van der Waals surface area contributed by atoms with E-state index in [9.17, 15) is 4.79 Å². The van der Waals surface area contributed by atoms with Crippen LogP contribution >= 0.6 is 0 Å². The number of nitrogens with one attached hydrogen (secondary N) is 1. The minimum Gasteiger partial charge on any atom is -0.497 e. The Morgan fingerprint density at radius 3 is 2.73 bits per heavy atom. The zero-order valence-electron chi connectivity index (χ0n) is 13.2. The van der Waals surface area contributed by atoms with E-state index in [4.69, 9.17) is 4.74 Å². The molecule has 22 heavy (non-hydrogen) atoms. The Labute approximate surface area is 130 Å². The number of carbonyl (C=O) groups is 1. The van der Waals surface area contributed by atoms with E-state index in [1.54, 1.807) is 7.11 Å². The van der Waals surface area contributed by atoms with Crippen molar-refractivity contribution >= 4 is 16.8 Å². The molecule has 3 rings (SSSR count). The van der Waals surface area contributed by atoms with Gasteiger partial charge >= 0.3 is 0 Å². The lowest BCUT2D eigenvalue weighted by molar-refractivity contribution is 0.0927. The van der Waals surface area contributed by atoms with Crippen molar-refractivity contribution in [2.24, 2.45) is 0 Å². The molecule has 1 amide bonds. The van der Waals surface area contributed by atoms with Crippen molar-refractivity contribution in [1.82, 2.24) is 10.3 Å². The van der Waals surface area contributed by atoms with Crippen molar-refractivity contribution in [2.75, 3.05) is 7.11 Å². The predicted molar refractivity (Wildman–Crippen MR) is 87.4 cm³/mol. The Bertz CT molecular complexity index is 691. The summed E-state index contributed by atoms with van der Waals surface area (Å²) in [5, 5.41) is 4.12. The molecule has 1 saturated carbocycles. The fourth-order valence-corrected chi connectivity index (χ4v) is 3.11. The summed E-state index contributed by atoms with van der Waals surface area (Å²) in [6.45, 7) is 1.88. The number of rotatable bonds is 3. The van der Waals surface area contributed by atoms with E-state index >= 15 is 0 Å². The lowest BCUT2D eigenvalue weighted by atomic mass is 9.95. The normalized spacial score (nSPS) is 15.7. The first-order chi connectivity index (χ1) is 10.7. The third-order valence-electron chi connectivity index (χ3n) is 4.40. The number of methoxy groups -OCH3 is 1. The molecular weight excluding hydrogens is 276 g/mol. The number of carbonyl (C=O) groups excluding carboxylic acids is 1. The second-order valence-corrected chi connectivity index (χ2v) is 5.99. The number of pyridine rings is 1. The summed E-state index contributed by atoms with van der Waals surface area (Å²) in [6.07, 6.45) is 5.87. The molecule has 1 N–H and O–H groups in total. The summed E-state index contributed by atoms with van der Waals surface area (Å²) >= 11 is 0. The summed E-state index contributed by atoms with van der Waals surface area (Å²) in [7, 11) is 1.64. The second kappa shape index (κ2) is 6.34. The van der Waals surface area contributed by atoms with Gasteiger partial charge in [-0.25, -0.2) is 0 Å². The second-order valence-electron chi connectivity index (χ2n) is 5.99. The van der Waals surface area contributed by atoms with E-state index < -0.39 is 0 Å². The molecule has 116 valence electrons. The number of benzene rings is 1. The molecule has 2 aromatic rings. The van der Waals surface area contributed by atoms with E-state index in [0.717, 1.165) is 35.2 Å². The van der Waals surface area contributed by atoms with Crippen LogP contribution in [0.3, 0.4) is 0 Å². The van der Waals surface area contributed by atoms with Crippen molar-refractivity contribution in [3.05, 3.63) is 35.5 Å². The summed E-state index contributed by atoms with van der Waals surface area (Å²) < 4.78 is 5.22. The molecule has 0 saturated heterocycles. The van der Waals surface area contributed by atoms with Gasteiger partial charge in [-0.1, -0.05) is 19.3 Å². The molecule has 0 unspecified atom stereocenters. The molecule has 0 spiro atoms. The van der Waals surface area contributed by atoms with Gasteiger partial charge in [0.25, 0.3) is 5.91 Å². The lowest BCUT2D eigenvalue weighted by Crippen LogP contribution is -2.36. The Hall–Kier alpha value is -2.10. The Balaban J connectivity index is 1.86. The van der Waals surface area contributed by atoms with Gasteiger partial charge in [0.1, 0.15) is 5.75 Å². The van der Waals surface area contributed by atoms with Crippen molar-refractivity contribution < 1.29 is 9.53 Å². The van der Waals surface area contributed by atoms with Crippen LogP contribution < -0.4 is 10.1 Å². The Morgan fingerprint density at radius 2 is 2.00 bits per heavy atom. The van der Waals surface area contributed by atoms with Gasteiger partial charge in [0.15, 0.2) is 0 Å². The Morgan fingerprint density at radius 1 is 1.23 bits per heavy atom. The number of aryl methyl sites for hydroxylation is 1. The van der Waals surface area contributed by atoms with E-state index in [1.807, 2.05) is 31.2 Å². The quantitative estimate of drug-likeness (QED) is 0.941. The standard InChI is InChI=1S/C18H22N2O2/c1-12-16(18(21)20-14-6-4-3-5-7-14)10-13-8-9-15(22-2)11-17(13)19-12/h8-11,14H,3-7H2,1-2H3,(H,20,21). The van der Waals surface area contributed by atoms with Crippen LogP contribution in [0.2, 0.25) is 0 Å². The molecule has 1 aromatic heterocycles. The monoisotopic (exact) mass is 298 g/mol. The van der Waals surface area contributed by atoms with Crippen LogP contribution in [0.4, 0.5) is 0 Å². The van der Waals surface area contributed by atoms with Crippen LogP contribution in [-0.2, 0) is 0 Å². The van der Waals surface area contributed by atoms with Gasteiger partial charge in [-0.05, 0) is 38.0 Å². The third kappa shape index (κ3) is 3.06. The molecule has 4 nitrogen and oxygen atoms in total. The first kappa shape index (κ1) is 14.8. The number of fused-ring (bicyclic) bond motifs is 1. The summed E-state index contributed by atoms with van der Waals surface area (Å²) in [5.41, 5.74) is 2.28. The highest BCUT2D eigenvalue weighted by atomic mass is 16.5. The van der Waals surface area contributed by atoms with Crippen LogP contribution in [-0.4, -0.2) is 24.0 Å². The number of amides is 1. The molecule has 1 aliphatic rings. The zero-order chi connectivity index (χ0) is 15.5. The van der Waals surface area contributed by atoms with Crippen molar-refractivity contribution in [3.63, 3.8) is 0 Å². The van der Waals surface area contributed by atoms with Gasteiger partial charge in [-0.2, -0.15) is 0 Å². The van der Waals surface area contributed by atoms with E-state index in [2.05, 4.69) is 10.3 Å². The number of nitrogens with zero attached hydrogens (tertiary/aromatic N) is 1. The van der Waals surface area contributed by atoms with Gasteiger partial charge in [0.05, 0.1) is 23.9 Å². The van der Waals surface area contributed by atoms with Crippen LogP contribution in [0.25, 0.3) is 10.9 Å². The molecular formula is C18H22N2O2. The van der Waals surface area contributed by atoms with Crippen molar-refractivity contribution in [2.45, 2.75) is 45.1 Å². The molecule has 0 bridgehead atoms. The number of hydrogen-bond donors (Lipinski definition) is 1.